The number of carbonyl (C=O) groups is 2. The van der Waals surface area contributed by atoms with E-state index in [2.05, 4.69) is 13.8 Å². The number of likely N-dealkylation sites (tertiary alicyclic amines) is 1. The largest absolute Gasteiger partial charge is 0.460 e. The first-order valence-electron chi connectivity index (χ1n) is 11.0. The van der Waals surface area contributed by atoms with Crippen LogP contribution in [0.25, 0.3) is 0 Å². The molecule has 1 aromatic carbocycles. The van der Waals surface area contributed by atoms with Crippen LogP contribution in [-0.2, 0) is 20.9 Å². The fourth-order valence-corrected chi connectivity index (χ4v) is 3.77. The number of hydrogen-bond acceptors (Lipinski definition) is 5. The molecule has 1 fully saturated rings. The lowest BCUT2D eigenvalue weighted by atomic mass is 10.0. The van der Waals surface area contributed by atoms with Gasteiger partial charge in [-0.15, -0.1) is 0 Å². The van der Waals surface area contributed by atoms with Crippen LogP contribution < -0.4 is 0 Å². The first-order chi connectivity index (χ1) is 14.1. The van der Waals surface area contributed by atoms with Gasteiger partial charge in [-0.25, -0.2) is 4.79 Å². The van der Waals surface area contributed by atoms with Crippen LogP contribution in [0, 0.1) is 5.92 Å². The molecule has 1 heterocycles. The number of likely N-dealkylation sites (N-methyl/N-ethyl adjacent to an activating group) is 1. The molecule has 1 saturated heterocycles. The normalized spacial score (nSPS) is 18.0. The van der Waals surface area contributed by atoms with Crippen molar-refractivity contribution in [2.24, 2.45) is 5.92 Å². The monoisotopic (exact) mass is 418 g/mol. The summed E-state index contributed by atoms with van der Waals surface area (Å²) in [4.78, 5) is 29.3. The molecule has 2 atom stereocenters. The molecule has 2 rings (SSSR count). The van der Waals surface area contributed by atoms with Crippen molar-refractivity contribution in [1.82, 2.24) is 9.80 Å². The highest BCUT2D eigenvalue weighted by atomic mass is 16.6. The lowest BCUT2D eigenvalue weighted by molar-refractivity contribution is -0.151. The van der Waals surface area contributed by atoms with Gasteiger partial charge in [-0.05, 0) is 58.6 Å². The Labute approximate surface area is 181 Å². The van der Waals surface area contributed by atoms with Crippen LogP contribution in [-0.4, -0.2) is 59.7 Å². The zero-order chi connectivity index (χ0) is 22.3. The van der Waals surface area contributed by atoms with Crippen LogP contribution >= 0.6 is 0 Å². The third-order valence-electron chi connectivity index (χ3n) is 5.23. The minimum atomic E-state index is -0.516. The molecule has 168 valence electrons. The lowest BCUT2D eigenvalue weighted by Crippen LogP contribution is -2.49. The van der Waals surface area contributed by atoms with Crippen LogP contribution in [0.15, 0.2) is 30.3 Å². The summed E-state index contributed by atoms with van der Waals surface area (Å²) < 4.78 is 11.2. The summed E-state index contributed by atoms with van der Waals surface area (Å²) in [6, 6.07) is 9.42. The molecule has 1 aliphatic heterocycles. The van der Waals surface area contributed by atoms with Gasteiger partial charge in [0.15, 0.2) is 0 Å². The highest BCUT2D eigenvalue weighted by Crippen LogP contribution is 2.23. The Kier molecular flexibility index (Phi) is 8.71. The predicted molar refractivity (Wildman–Crippen MR) is 118 cm³/mol. The molecule has 0 bridgehead atoms. The number of carbonyl (C=O) groups excluding carboxylic acids is 2. The summed E-state index contributed by atoms with van der Waals surface area (Å²) in [5, 5.41) is 0. The molecule has 0 aromatic heterocycles. The summed E-state index contributed by atoms with van der Waals surface area (Å²) in [6.07, 6.45) is 2.30. The van der Waals surface area contributed by atoms with Crippen LogP contribution in [0.1, 0.15) is 59.4 Å². The molecule has 0 spiro atoms. The van der Waals surface area contributed by atoms with E-state index in [4.69, 9.17) is 9.47 Å². The zero-order valence-electron chi connectivity index (χ0n) is 19.4. The summed E-state index contributed by atoms with van der Waals surface area (Å²) in [5.41, 5.74) is 0.459. The van der Waals surface area contributed by atoms with Crippen molar-refractivity contribution in [3.8, 4) is 0 Å². The van der Waals surface area contributed by atoms with Gasteiger partial charge in [0.1, 0.15) is 18.2 Å². The highest BCUT2D eigenvalue weighted by molar-refractivity contribution is 5.75. The number of ether oxygens (including phenoxy) is 2. The molecule has 6 heteroatoms. The van der Waals surface area contributed by atoms with E-state index >= 15 is 0 Å². The number of hydrogen-bond donors (Lipinski definition) is 0. The second-order valence-electron chi connectivity index (χ2n) is 9.65. The van der Waals surface area contributed by atoms with Gasteiger partial charge in [0.05, 0.1) is 0 Å². The molecule has 1 aromatic rings. The van der Waals surface area contributed by atoms with Crippen LogP contribution in [0.3, 0.4) is 0 Å². The van der Waals surface area contributed by atoms with E-state index in [0.29, 0.717) is 25.4 Å². The Morgan fingerprint density at radius 3 is 2.47 bits per heavy atom. The van der Waals surface area contributed by atoms with E-state index in [-0.39, 0.29) is 30.8 Å². The third kappa shape index (κ3) is 7.63. The van der Waals surface area contributed by atoms with Crippen molar-refractivity contribution in [2.45, 2.75) is 78.2 Å². The first kappa shape index (κ1) is 24.2. The fraction of sp³-hybridized carbons (Fsp3) is 0.667. The maximum absolute atomic E-state index is 12.9. The number of amides is 1. The average molecular weight is 419 g/mol. The SMILES string of the molecule is CC(C)C[C@H](C(=O)OCc1ccccc1)N(C)C[C@@H]1CCCN1C(=O)OC(C)(C)C. The first-order valence-corrected chi connectivity index (χ1v) is 11.0. The van der Waals surface area contributed by atoms with Crippen molar-refractivity contribution in [1.29, 1.82) is 0 Å². The van der Waals surface area contributed by atoms with Gasteiger partial charge in [-0.1, -0.05) is 44.2 Å². The van der Waals surface area contributed by atoms with Gasteiger partial charge in [-0.2, -0.15) is 0 Å². The van der Waals surface area contributed by atoms with Crippen molar-refractivity contribution in [3.63, 3.8) is 0 Å². The Morgan fingerprint density at radius 2 is 1.87 bits per heavy atom. The Balaban J connectivity index is 2.00. The smallest absolute Gasteiger partial charge is 0.410 e. The fourth-order valence-electron chi connectivity index (χ4n) is 3.77. The maximum atomic E-state index is 12.9. The summed E-state index contributed by atoms with van der Waals surface area (Å²) in [6.45, 7) is 11.4. The van der Waals surface area contributed by atoms with Crippen LogP contribution in [0.4, 0.5) is 4.79 Å². The van der Waals surface area contributed by atoms with Crippen molar-refractivity contribution < 1.29 is 19.1 Å². The molecule has 0 saturated carbocycles. The number of rotatable bonds is 8. The summed E-state index contributed by atoms with van der Waals surface area (Å²) >= 11 is 0. The lowest BCUT2D eigenvalue weighted by Gasteiger charge is -2.34. The second-order valence-corrected chi connectivity index (χ2v) is 9.65. The molecule has 0 unspecified atom stereocenters. The van der Waals surface area contributed by atoms with Crippen molar-refractivity contribution in [2.75, 3.05) is 20.1 Å². The van der Waals surface area contributed by atoms with Gasteiger partial charge in [0.25, 0.3) is 0 Å². The van der Waals surface area contributed by atoms with Crippen LogP contribution in [0.5, 0.6) is 0 Å². The molecule has 0 N–H and O–H groups in total. The van der Waals surface area contributed by atoms with E-state index in [1.54, 1.807) is 0 Å². The van der Waals surface area contributed by atoms with E-state index < -0.39 is 5.60 Å². The minimum Gasteiger partial charge on any atom is -0.460 e. The molecule has 6 nitrogen and oxygen atoms in total. The average Bonchev–Trinajstić information content (AvgIpc) is 3.11. The predicted octanol–water partition coefficient (Wildman–Crippen LogP) is 4.48. The van der Waals surface area contributed by atoms with Gasteiger partial charge < -0.3 is 14.4 Å². The van der Waals surface area contributed by atoms with Gasteiger partial charge in [0.2, 0.25) is 0 Å². The van der Waals surface area contributed by atoms with E-state index in [1.165, 1.54) is 0 Å². The molecule has 0 aliphatic carbocycles. The zero-order valence-corrected chi connectivity index (χ0v) is 19.4. The van der Waals surface area contributed by atoms with E-state index in [0.717, 1.165) is 18.4 Å². The van der Waals surface area contributed by atoms with Gasteiger partial charge in [-0.3, -0.25) is 9.69 Å². The Bertz CT molecular complexity index is 684. The topological polar surface area (TPSA) is 59.1 Å². The number of nitrogens with zero attached hydrogens (tertiary/aromatic N) is 2. The maximum Gasteiger partial charge on any atom is 0.410 e. The second kappa shape index (κ2) is 10.8. The number of benzene rings is 1. The van der Waals surface area contributed by atoms with E-state index in [1.807, 2.05) is 68.0 Å². The molecule has 30 heavy (non-hydrogen) atoms. The van der Waals surface area contributed by atoms with Crippen molar-refractivity contribution in [3.05, 3.63) is 35.9 Å². The quantitative estimate of drug-likeness (QED) is 0.583. The standard InChI is InChI=1S/C24H38N2O4/c1-18(2)15-21(22(27)29-17-19-11-8-7-9-12-19)25(6)16-20-13-10-14-26(20)23(28)30-24(3,4)5/h7-9,11-12,18,20-21H,10,13-17H2,1-6H3/t20-,21+/m0/s1. The summed E-state index contributed by atoms with van der Waals surface area (Å²) in [7, 11) is 1.95. The molecule has 1 amide bonds. The van der Waals surface area contributed by atoms with Crippen LogP contribution in [0.2, 0.25) is 0 Å². The van der Waals surface area contributed by atoms with E-state index in [9.17, 15) is 9.59 Å². The third-order valence-corrected chi connectivity index (χ3v) is 5.23. The van der Waals surface area contributed by atoms with Gasteiger partial charge >= 0.3 is 12.1 Å². The molecular formula is C24H38N2O4. The molecule has 0 radical (unpaired) electrons. The highest BCUT2D eigenvalue weighted by Gasteiger charge is 2.35. The van der Waals surface area contributed by atoms with Crippen molar-refractivity contribution >= 4 is 12.1 Å². The molecule has 1 aliphatic rings. The molecular weight excluding hydrogens is 380 g/mol. The number of esters is 1. The summed E-state index contributed by atoms with van der Waals surface area (Å²) in [5.74, 6) is 0.143. The minimum absolute atomic E-state index is 0.0430. The van der Waals surface area contributed by atoms with Gasteiger partial charge in [0, 0.05) is 19.1 Å². The Morgan fingerprint density at radius 1 is 1.20 bits per heavy atom. The Hall–Kier alpha value is -2.08.